The summed E-state index contributed by atoms with van der Waals surface area (Å²) in [5, 5.41) is 3.84. The van der Waals surface area contributed by atoms with Crippen molar-refractivity contribution in [2.45, 2.75) is 77.5 Å². The van der Waals surface area contributed by atoms with E-state index in [9.17, 15) is 0 Å². The number of hydrogen-bond acceptors (Lipinski definition) is 3. The quantitative estimate of drug-likeness (QED) is 0.814. The highest BCUT2D eigenvalue weighted by atomic mass is 16.5. The van der Waals surface area contributed by atoms with Gasteiger partial charge in [0, 0.05) is 38.8 Å². The summed E-state index contributed by atoms with van der Waals surface area (Å²) >= 11 is 0. The van der Waals surface area contributed by atoms with E-state index in [1.54, 1.807) is 0 Å². The molecule has 2 fully saturated rings. The van der Waals surface area contributed by atoms with E-state index in [2.05, 4.69) is 31.0 Å². The van der Waals surface area contributed by atoms with Crippen LogP contribution in [-0.2, 0) is 4.74 Å². The molecule has 3 unspecified atom stereocenters. The maximum atomic E-state index is 5.54. The van der Waals surface area contributed by atoms with Crippen LogP contribution < -0.4 is 5.32 Å². The van der Waals surface area contributed by atoms with Crippen LogP contribution in [0.2, 0.25) is 0 Å². The molecule has 3 heteroatoms. The molecule has 2 aliphatic rings. The average Bonchev–Trinajstić information content (AvgIpc) is 2.47. The minimum absolute atomic E-state index is 0.342. The zero-order chi connectivity index (χ0) is 15.2. The van der Waals surface area contributed by atoms with E-state index in [-0.39, 0.29) is 0 Å². The first-order valence-corrected chi connectivity index (χ1v) is 9.10. The molecule has 1 saturated carbocycles. The molecule has 0 aromatic rings. The second kappa shape index (κ2) is 8.50. The van der Waals surface area contributed by atoms with Crippen LogP contribution in [0.15, 0.2) is 0 Å². The first-order chi connectivity index (χ1) is 10.1. The molecule has 21 heavy (non-hydrogen) atoms. The lowest BCUT2D eigenvalue weighted by Gasteiger charge is -2.46. The number of methoxy groups -OCH3 is 1. The number of hydrogen-bond donors (Lipinski definition) is 1. The van der Waals surface area contributed by atoms with Gasteiger partial charge in [0.05, 0.1) is 6.10 Å². The van der Waals surface area contributed by atoms with E-state index >= 15 is 0 Å². The molecule has 0 radical (unpaired) electrons. The lowest BCUT2D eigenvalue weighted by atomic mass is 9.81. The van der Waals surface area contributed by atoms with Gasteiger partial charge >= 0.3 is 0 Å². The van der Waals surface area contributed by atoms with Crippen molar-refractivity contribution in [1.82, 2.24) is 10.2 Å². The minimum atomic E-state index is 0.342. The highest BCUT2D eigenvalue weighted by Crippen LogP contribution is 2.30. The minimum Gasteiger partial charge on any atom is -0.380 e. The lowest BCUT2D eigenvalue weighted by Crippen LogP contribution is -2.60. The first-order valence-electron chi connectivity index (χ1n) is 9.10. The van der Waals surface area contributed by atoms with Crippen LogP contribution in [0.1, 0.15) is 59.3 Å². The van der Waals surface area contributed by atoms with E-state index in [1.165, 1.54) is 51.6 Å². The number of ether oxygens (including phenoxy) is 1. The van der Waals surface area contributed by atoms with Crippen molar-refractivity contribution in [3.8, 4) is 0 Å². The van der Waals surface area contributed by atoms with Gasteiger partial charge < -0.3 is 10.1 Å². The van der Waals surface area contributed by atoms with Crippen molar-refractivity contribution < 1.29 is 4.74 Å². The zero-order valence-electron chi connectivity index (χ0n) is 14.6. The Bertz CT molecular complexity index is 289. The van der Waals surface area contributed by atoms with Crippen LogP contribution in [0.5, 0.6) is 0 Å². The fourth-order valence-corrected chi connectivity index (χ4v) is 4.22. The van der Waals surface area contributed by atoms with Gasteiger partial charge in [-0.3, -0.25) is 4.90 Å². The highest BCUT2D eigenvalue weighted by Gasteiger charge is 2.34. The molecule has 1 aliphatic heterocycles. The molecular weight excluding hydrogens is 260 g/mol. The first kappa shape index (κ1) is 17.2. The van der Waals surface area contributed by atoms with Crippen LogP contribution in [0, 0.1) is 11.8 Å². The van der Waals surface area contributed by atoms with Gasteiger partial charge in [-0.15, -0.1) is 0 Å². The molecular formula is C18H36N2O. The maximum absolute atomic E-state index is 5.54. The Balaban J connectivity index is 1.96. The van der Waals surface area contributed by atoms with Gasteiger partial charge in [-0.05, 0) is 38.0 Å². The molecule has 3 nitrogen and oxygen atoms in total. The van der Waals surface area contributed by atoms with Gasteiger partial charge in [-0.1, -0.05) is 33.1 Å². The van der Waals surface area contributed by atoms with Crippen molar-refractivity contribution in [1.29, 1.82) is 0 Å². The third-order valence-corrected chi connectivity index (χ3v) is 5.38. The normalized spacial score (nSPS) is 30.7. The molecule has 0 aromatic carbocycles. The van der Waals surface area contributed by atoms with Crippen molar-refractivity contribution in [3.63, 3.8) is 0 Å². The number of rotatable bonds is 6. The van der Waals surface area contributed by atoms with E-state index in [1.807, 2.05) is 7.11 Å². The maximum Gasteiger partial charge on any atom is 0.0670 e. The van der Waals surface area contributed by atoms with Gasteiger partial charge in [0.25, 0.3) is 0 Å². The monoisotopic (exact) mass is 296 g/mol. The summed E-state index contributed by atoms with van der Waals surface area (Å²) in [4.78, 5) is 2.74. The molecule has 0 bridgehead atoms. The summed E-state index contributed by atoms with van der Waals surface area (Å²) in [6.45, 7) is 10.3. The van der Waals surface area contributed by atoms with Crippen molar-refractivity contribution >= 4 is 0 Å². The van der Waals surface area contributed by atoms with E-state index in [4.69, 9.17) is 4.74 Å². The van der Waals surface area contributed by atoms with Gasteiger partial charge in [0.15, 0.2) is 0 Å². The fourth-order valence-electron chi connectivity index (χ4n) is 4.22. The number of nitrogens with zero attached hydrogens (tertiary/aromatic N) is 1. The molecule has 0 aromatic heterocycles. The zero-order valence-corrected chi connectivity index (χ0v) is 14.6. The Kier molecular flexibility index (Phi) is 6.97. The van der Waals surface area contributed by atoms with Crippen molar-refractivity contribution in [2.24, 2.45) is 11.8 Å². The summed E-state index contributed by atoms with van der Waals surface area (Å²) in [5.41, 5.74) is 0. The molecule has 0 spiro atoms. The van der Waals surface area contributed by atoms with Crippen LogP contribution in [0.3, 0.4) is 0 Å². The number of piperazine rings is 1. The van der Waals surface area contributed by atoms with E-state index in [0.29, 0.717) is 12.1 Å². The number of nitrogens with one attached hydrogen (secondary N) is 1. The second-order valence-corrected chi connectivity index (χ2v) is 7.70. The van der Waals surface area contributed by atoms with Crippen LogP contribution in [0.25, 0.3) is 0 Å². The van der Waals surface area contributed by atoms with Crippen molar-refractivity contribution in [2.75, 3.05) is 26.7 Å². The Hall–Kier alpha value is -0.120. The molecule has 0 amide bonds. The van der Waals surface area contributed by atoms with Gasteiger partial charge in [-0.25, -0.2) is 0 Å². The summed E-state index contributed by atoms with van der Waals surface area (Å²) in [6, 6.07) is 1.39. The smallest absolute Gasteiger partial charge is 0.0670 e. The fraction of sp³-hybridized carbons (Fsp3) is 1.00. The predicted octanol–water partition coefficient (Wildman–Crippen LogP) is 3.29. The van der Waals surface area contributed by atoms with Crippen LogP contribution in [0.4, 0.5) is 0 Å². The Morgan fingerprint density at radius 3 is 2.48 bits per heavy atom. The highest BCUT2D eigenvalue weighted by molar-refractivity contribution is 4.91. The Morgan fingerprint density at radius 2 is 1.86 bits per heavy atom. The SMILES string of the molecule is COC(C)CN1CC(CC(C)C)NCC1C1CCCCC1. The Morgan fingerprint density at radius 1 is 1.14 bits per heavy atom. The molecule has 124 valence electrons. The molecule has 1 N–H and O–H groups in total. The Labute approximate surface area is 131 Å². The van der Waals surface area contributed by atoms with Gasteiger partial charge in [-0.2, -0.15) is 0 Å². The van der Waals surface area contributed by atoms with Crippen LogP contribution in [-0.4, -0.2) is 49.8 Å². The van der Waals surface area contributed by atoms with Crippen molar-refractivity contribution in [3.05, 3.63) is 0 Å². The predicted molar refractivity (Wildman–Crippen MR) is 89.7 cm³/mol. The largest absolute Gasteiger partial charge is 0.380 e. The summed E-state index contributed by atoms with van der Waals surface area (Å²) < 4.78 is 5.54. The molecule has 2 rings (SSSR count). The van der Waals surface area contributed by atoms with E-state index in [0.717, 1.165) is 24.4 Å². The summed E-state index contributed by atoms with van der Waals surface area (Å²) in [7, 11) is 1.84. The molecule has 1 saturated heterocycles. The molecule has 1 aliphatic carbocycles. The molecule has 1 heterocycles. The summed E-state index contributed by atoms with van der Waals surface area (Å²) in [6.07, 6.45) is 8.80. The second-order valence-electron chi connectivity index (χ2n) is 7.70. The van der Waals surface area contributed by atoms with Gasteiger partial charge in [0.2, 0.25) is 0 Å². The third-order valence-electron chi connectivity index (χ3n) is 5.38. The van der Waals surface area contributed by atoms with Crippen LogP contribution >= 0.6 is 0 Å². The summed E-state index contributed by atoms with van der Waals surface area (Å²) in [5.74, 6) is 1.67. The molecule has 3 atom stereocenters. The van der Waals surface area contributed by atoms with Gasteiger partial charge in [0.1, 0.15) is 0 Å². The third kappa shape index (κ3) is 5.22. The average molecular weight is 296 g/mol. The topological polar surface area (TPSA) is 24.5 Å². The lowest BCUT2D eigenvalue weighted by molar-refractivity contribution is 0.0147. The van der Waals surface area contributed by atoms with E-state index < -0.39 is 0 Å². The standard InChI is InChI=1S/C18H36N2O/c1-14(2)10-17-13-20(12-15(3)21-4)18(11-19-17)16-8-6-5-7-9-16/h14-19H,5-13H2,1-4H3.